The van der Waals surface area contributed by atoms with Crippen molar-refractivity contribution < 1.29 is 80.2 Å². The zero-order valence-corrected chi connectivity index (χ0v) is 69.5. The van der Waals surface area contributed by atoms with Gasteiger partial charge in [0.25, 0.3) is 0 Å². The molecule has 5 atom stereocenters. The molecule has 0 spiro atoms. The number of aliphatic hydroxyl groups is 1. The molecule has 0 aliphatic carbocycles. The molecule has 0 fully saturated rings. The molecule has 0 saturated carbocycles. The number of esters is 4. The molecule has 618 valence electrons. The molecule has 108 heavy (non-hydrogen) atoms. The quantitative estimate of drug-likeness (QED) is 0.0169. The smallest absolute Gasteiger partial charge is 0.462 e. The lowest BCUT2D eigenvalue weighted by Crippen LogP contribution is -2.30. The Hall–Kier alpha value is -5.06. The number of carbonyl (C=O) groups excluding carboxylic acids is 4. The maximum absolute atomic E-state index is 13.1. The van der Waals surface area contributed by atoms with Gasteiger partial charge in [0.05, 0.1) is 26.4 Å². The summed E-state index contributed by atoms with van der Waals surface area (Å²) < 4.78 is 68.7. The van der Waals surface area contributed by atoms with Crippen LogP contribution in [0.5, 0.6) is 0 Å². The van der Waals surface area contributed by atoms with Crippen molar-refractivity contribution in [3.05, 3.63) is 146 Å². The highest BCUT2D eigenvalue weighted by atomic mass is 31.2. The van der Waals surface area contributed by atoms with Gasteiger partial charge in [0.1, 0.15) is 19.3 Å². The molecule has 0 aromatic rings. The van der Waals surface area contributed by atoms with Crippen molar-refractivity contribution in [3.63, 3.8) is 0 Å². The number of allylic oxidation sites excluding steroid dienone is 24. The number of hydrogen-bond donors (Lipinski definition) is 3. The van der Waals surface area contributed by atoms with Gasteiger partial charge in [-0.3, -0.25) is 37.3 Å². The van der Waals surface area contributed by atoms with Gasteiger partial charge in [-0.1, -0.05) is 289 Å². The van der Waals surface area contributed by atoms with Gasteiger partial charge >= 0.3 is 39.5 Å². The largest absolute Gasteiger partial charge is 0.472 e. The minimum absolute atomic E-state index is 0.0568. The summed E-state index contributed by atoms with van der Waals surface area (Å²) in [5.41, 5.74) is 0. The first-order valence-corrected chi connectivity index (χ1v) is 45.1. The van der Waals surface area contributed by atoms with Gasteiger partial charge in [-0.05, 0) is 167 Å². The molecule has 0 bridgehead atoms. The van der Waals surface area contributed by atoms with E-state index in [-0.39, 0.29) is 25.7 Å². The van der Waals surface area contributed by atoms with Crippen LogP contribution in [-0.4, -0.2) is 96.7 Å². The van der Waals surface area contributed by atoms with Crippen LogP contribution in [-0.2, 0) is 65.4 Å². The summed E-state index contributed by atoms with van der Waals surface area (Å²) in [5.74, 6) is -2.25. The number of rotatable bonds is 78. The average molecular weight is 1550 g/mol. The molecule has 3 N–H and O–H groups in total. The normalized spacial score (nSPS) is 14.5. The number of ether oxygens (including phenoxy) is 4. The van der Waals surface area contributed by atoms with Crippen LogP contribution >= 0.6 is 15.6 Å². The lowest BCUT2D eigenvalue weighted by Gasteiger charge is -2.21. The molecule has 0 aliphatic rings. The van der Waals surface area contributed by atoms with E-state index in [1.807, 2.05) is 0 Å². The van der Waals surface area contributed by atoms with Crippen LogP contribution < -0.4 is 0 Å². The summed E-state index contributed by atoms with van der Waals surface area (Å²) in [6.45, 7) is 4.56. The lowest BCUT2D eigenvalue weighted by molar-refractivity contribution is -0.161. The molecular weight excluding hydrogens is 1400 g/mol. The molecule has 0 radical (unpaired) electrons. The minimum Gasteiger partial charge on any atom is -0.462 e. The molecule has 0 heterocycles. The monoisotopic (exact) mass is 1550 g/mol. The Morgan fingerprint density at radius 2 is 0.481 bits per heavy atom. The van der Waals surface area contributed by atoms with Gasteiger partial charge in [-0.15, -0.1) is 0 Å². The number of phosphoric acid groups is 2. The summed E-state index contributed by atoms with van der Waals surface area (Å²) in [4.78, 5) is 73.2. The molecule has 0 aromatic heterocycles. The van der Waals surface area contributed by atoms with Gasteiger partial charge < -0.3 is 33.8 Å². The third kappa shape index (κ3) is 79.0. The number of hydrogen-bond acceptors (Lipinski definition) is 15. The molecule has 0 amide bonds. The van der Waals surface area contributed by atoms with Gasteiger partial charge in [0, 0.05) is 25.7 Å². The molecule has 0 saturated heterocycles. The Kier molecular flexibility index (Phi) is 76.3. The first-order chi connectivity index (χ1) is 52.7. The fraction of sp³-hybridized carbons (Fsp3) is 0.685. The average Bonchev–Trinajstić information content (AvgIpc) is 0.901. The Morgan fingerprint density at radius 3 is 0.769 bits per heavy atom. The molecule has 17 nitrogen and oxygen atoms in total. The zero-order chi connectivity index (χ0) is 78.9. The van der Waals surface area contributed by atoms with Gasteiger partial charge in [0.2, 0.25) is 0 Å². The molecular formula is C89H150O17P2. The standard InChI is InChI=1S/C89H150O17P2/c1-5-9-13-17-21-25-29-33-37-40-41-44-47-50-54-58-62-66-70-74-87(92)100-79-84(105-88(93)75-71-67-63-59-55-51-45-36-32-28-24-20-16-12-8-4)81-103-107(95,96)101-77-83(90)78-102-108(97,98)104-82-85(106-89(94)76-72-68-64-60-56-52-48-43-39-35-31-27-23-19-15-11-7-3)80-99-86(91)73-69-65-61-57-53-49-46-42-38-34-30-26-22-18-14-10-6-2/h10-11,14-15,21-23,25-27,33-39,41,44-46,48-49,52,83-85,90H,5-9,12-13,16-20,24,28-32,40,42-43,47,50-51,53-82H2,1-4H3,(H,95,96)(H,97,98)/b14-10-,15-11-,25-21-,26-22-,27-23-,37-33-,38-34-,39-35-,44-41-,45-36-,49-46-,52-48-. The van der Waals surface area contributed by atoms with E-state index in [0.717, 1.165) is 199 Å². The lowest BCUT2D eigenvalue weighted by atomic mass is 10.1. The SMILES string of the molecule is CC/C=C\C/C=C\C/C=C\C/C=C\CCCCCCC(=O)OCC(COP(=O)(O)OCC(O)COP(=O)(O)OCC(COC(=O)CCCCCCCC/C=C\C/C=C\C/C=C\CCCCC)OC(=O)CCCCCCC/C=C\CCCCCCCC)OC(=O)CCCCCC/C=C\C/C=C\C/C=C\C/C=C\CC. The van der Waals surface area contributed by atoms with Crippen LogP contribution in [0.4, 0.5) is 0 Å². The summed E-state index contributed by atoms with van der Waals surface area (Å²) in [5, 5.41) is 10.7. The van der Waals surface area contributed by atoms with Gasteiger partial charge in [-0.25, -0.2) is 9.13 Å². The van der Waals surface area contributed by atoms with Crippen molar-refractivity contribution in [1.82, 2.24) is 0 Å². The second-order valence-corrected chi connectivity index (χ2v) is 30.6. The maximum Gasteiger partial charge on any atom is 0.472 e. The molecule has 19 heteroatoms. The number of unbranched alkanes of at least 4 members (excludes halogenated alkanes) is 28. The zero-order valence-electron chi connectivity index (χ0n) is 67.7. The van der Waals surface area contributed by atoms with Crippen LogP contribution in [0.15, 0.2) is 146 Å². The highest BCUT2D eigenvalue weighted by molar-refractivity contribution is 7.47. The second kappa shape index (κ2) is 80.0. The van der Waals surface area contributed by atoms with Crippen LogP contribution in [0.1, 0.15) is 336 Å². The summed E-state index contributed by atoms with van der Waals surface area (Å²) >= 11 is 0. The van der Waals surface area contributed by atoms with E-state index in [9.17, 15) is 43.2 Å². The topological polar surface area (TPSA) is 237 Å². The third-order valence-electron chi connectivity index (χ3n) is 17.3. The van der Waals surface area contributed by atoms with Crippen molar-refractivity contribution in [1.29, 1.82) is 0 Å². The number of carbonyl (C=O) groups is 4. The Bertz CT molecular complexity index is 2610. The second-order valence-electron chi connectivity index (χ2n) is 27.6. The first-order valence-electron chi connectivity index (χ1n) is 42.1. The predicted molar refractivity (Wildman–Crippen MR) is 445 cm³/mol. The summed E-state index contributed by atoms with van der Waals surface area (Å²) in [7, 11) is -9.99. The van der Waals surface area contributed by atoms with Gasteiger partial charge in [-0.2, -0.15) is 0 Å². The van der Waals surface area contributed by atoms with E-state index < -0.39 is 97.5 Å². The first kappa shape index (κ1) is 103. The molecule has 0 rings (SSSR count). The van der Waals surface area contributed by atoms with E-state index in [2.05, 4.69) is 174 Å². The van der Waals surface area contributed by atoms with Crippen molar-refractivity contribution in [2.24, 2.45) is 0 Å². The van der Waals surface area contributed by atoms with Crippen molar-refractivity contribution >= 4 is 39.5 Å². The van der Waals surface area contributed by atoms with Crippen molar-refractivity contribution in [2.75, 3.05) is 39.6 Å². The maximum atomic E-state index is 13.1. The van der Waals surface area contributed by atoms with Crippen LogP contribution in [0.2, 0.25) is 0 Å². The Labute approximate surface area is 656 Å². The number of phosphoric ester groups is 2. The minimum atomic E-state index is -5.00. The van der Waals surface area contributed by atoms with Crippen molar-refractivity contribution in [2.45, 2.75) is 354 Å². The Morgan fingerprint density at radius 1 is 0.269 bits per heavy atom. The van der Waals surface area contributed by atoms with Crippen LogP contribution in [0.3, 0.4) is 0 Å². The highest BCUT2D eigenvalue weighted by Crippen LogP contribution is 2.45. The summed E-state index contributed by atoms with van der Waals surface area (Å²) in [6.07, 6.45) is 92.3. The van der Waals surface area contributed by atoms with Gasteiger partial charge in [0.15, 0.2) is 12.2 Å². The fourth-order valence-electron chi connectivity index (χ4n) is 10.9. The highest BCUT2D eigenvalue weighted by Gasteiger charge is 2.30. The predicted octanol–water partition coefficient (Wildman–Crippen LogP) is 25.0. The summed E-state index contributed by atoms with van der Waals surface area (Å²) in [6, 6.07) is 0. The van der Waals surface area contributed by atoms with E-state index in [0.29, 0.717) is 25.7 Å². The third-order valence-corrected chi connectivity index (χ3v) is 19.2. The molecule has 0 aliphatic heterocycles. The molecule has 5 unspecified atom stereocenters. The van der Waals surface area contributed by atoms with E-state index >= 15 is 0 Å². The van der Waals surface area contributed by atoms with Crippen LogP contribution in [0, 0.1) is 0 Å². The van der Waals surface area contributed by atoms with Crippen molar-refractivity contribution in [3.8, 4) is 0 Å². The fourth-order valence-corrected chi connectivity index (χ4v) is 12.5. The van der Waals surface area contributed by atoms with E-state index in [1.54, 1.807) is 0 Å². The van der Waals surface area contributed by atoms with E-state index in [4.69, 9.17) is 37.0 Å². The molecule has 0 aromatic carbocycles. The van der Waals surface area contributed by atoms with Crippen LogP contribution in [0.25, 0.3) is 0 Å². The number of aliphatic hydroxyl groups excluding tert-OH is 1. The van der Waals surface area contributed by atoms with E-state index in [1.165, 1.54) is 57.8 Å². The Balaban J connectivity index is 5.44.